The van der Waals surface area contributed by atoms with Crippen molar-refractivity contribution in [3.05, 3.63) is 28.8 Å². The van der Waals surface area contributed by atoms with E-state index >= 15 is 0 Å². The molecule has 0 aromatic heterocycles. The van der Waals surface area contributed by atoms with Crippen LogP contribution in [0.15, 0.2) is 18.2 Å². The number of hydrazine groups is 1. The lowest BCUT2D eigenvalue weighted by Crippen LogP contribution is -2.12. The van der Waals surface area contributed by atoms with Gasteiger partial charge in [-0.05, 0) is 18.2 Å². The molecule has 0 unspecified atom stereocenters. The molecule has 1 aromatic rings. The van der Waals surface area contributed by atoms with Gasteiger partial charge in [0.25, 0.3) is 0 Å². The van der Waals surface area contributed by atoms with Gasteiger partial charge in [-0.25, -0.2) is 4.79 Å². The predicted molar refractivity (Wildman–Crippen MR) is 50.6 cm³/mol. The number of benzene rings is 1. The molecule has 1 rings (SSSR count). The zero-order valence-corrected chi connectivity index (χ0v) is 7.76. The van der Waals surface area contributed by atoms with E-state index < -0.39 is 5.97 Å². The van der Waals surface area contributed by atoms with Gasteiger partial charge in [-0.2, -0.15) is 0 Å². The van der Waals surface area contributed by atoms with Crippen LogP contribution in [-0.4, -0.2) is 13.1 Å². The third-order valence-electron chi connectivity index (χ3n) is 1.54. The highest BCUT2D eigenvalue weighted by Crippen LogP contribution is 2.20. The van der Waals surface area contributed by atoms with Crippen LogP contribution in [0.3, 0.4) is 0 Å². The van der Waals surface area contributed by atoms with Crippen LogP contribution in [0, 0.1) is 0 Å². The molecular formula is C8H9ClN2O2. The molecule has 0 aliphatic heterocycles. The van der Waals surface area contributed by atoms with E-state index in [1.807, 2.05) is 0 Å². The minimum atomic E-state index is -0.454. The molecule has 0 bridgehead atoms. The molecule has 0 atom stereocenters. The quantitative estimate of drug-likeness (QED) is 0.431. The molecule has 5 heteroatoms. The van der Waals surface area contributed by atoms with Crippen molar-refractivity contribution < 1.29 is 9.53 Å². The Morgan fingerprint density at radius 1 is 1.62 bits per heavy atom. The van der Waals surface area contributed by atoms with Crippen molar-refractivity contribution in [2.45, 2.75) is 0 Å². The van der Waals surface area contributed by atoms with Crippen LogP contribution in [0.5, 0.6) is 0 Å². The fraction of sp³-hybridized carbons (Fsp3) is 0.125. The van der Waals surface area contributed by atoms with Crippen LogP contribution in [0.25, 0.3) is 0 Å². The number of nitrogens with one attached hydrogen (secondary N) is 1. The van der Waals surface area contributed by atoms with Crippen molar-refractivity contribution in [2.24, 2.45) is 5.84 Å². The smallest absolute Gasteiger partial charge is 0.340 e. The first-order chi connectivity index (χ1) is 6.19. The first-order valence-corrected chi connectivity index (χ1v) is 3.91. The molecular weight excluding hydrogens is 192 g/mol. The Balaban J connectivity index is 3.13. The van der Waals surface area contributed by atoms with Gasteiger partial charge in [-0.1, -0.05) is 11.6 Å². The Kier molecular flexibility index (Phi) is 3.11. The van der Waals surface area contributed by atoms with Crippen LogP contribution in [0.1, 0.15) is 10.4 Å². The molecule has 13 heavy (non-hydrogen) atoms. The predicted octanol–water partition coefficient (Wildman–Crippen LogP) is 1.41. The molecule has 0 spiro atoms. The third-order valence-corrected chi connectivity index (χ3v) is 1.78. The normalized spacial score (nSPS) is 9.46. The highest BCUT2D eigenvalue weighted by molar-refractivity contribution is 6.31. The minimum Gasteiger partial charge on any atom is -0.465 e. The lowest BCUT2D eigenvalue weighted by Gasteiger charge is -2.06. The lowest BCUT2D eigenvalue weighted by atomic mass is 10.2. The standard InChI is InChI=1S/C8H9ClN2O2/c1-13-8(12)6-3-2-5(9)4-7(6)11-10/h2-4,11H,10H2,1H3. The number of halogens is 1. The van der Waals surface area contributed by atoms with Gasteiger partial charge in [-0.3, -0.25) is 5.84 Å². The number of carbonyl (C=O) groups excluding carboxylic acids is 1. The minimum absolute atomic E-state index is 0.356. The van der Waals surface area contributed by atoms with Gasteiger partial charge < -0.3 is 10.2 Å². The van der Waals surface area contributed by atoms with Crippen LogP contribution in [0.2, 0.25) is 5.02 Å². The second-order valence-corrected chi connectivity index (χ2v) is 2.76. The van der Waals surface area contributed by atoms with Crippen molar-refractivity contribution in [3.8, 4) is 0 Å². The average molecular weight is 201 g/mol. The van der Waals surface area contributed by atoms with Gasteiger partial charge in [0.1, 0.15) is 0 Å². The Morgan fingerprint density at radius 2 is 2.31 bits per heavy atom. The summed E-state index contributed by atoms with van der Waals surface area (Å²) in [7, 11) is 1.30. The number of ether oxygens (including phenoxy) is 1. The molecule has 0 aliphatic rings. The van der Waals surface area contributed by atoms with E-state index in [-0.39, 0.29) is 0 Å². The van der Waals surface area contributed by atoms with E-state index in [9.17, 15) is 4.79 Å². The topological polar surface area (TPSA) is 64.3 Å². The first-order valence-electron chi connectivity index (χ1n) is 3.53. The van der Waals surface area contributed by atoms with Crippen molar-refractivity contribution in [2.75, 3.05) is 12.5 Å². The maximum absolute atomic E-state index is 11.1. The summed E-state index contributed by atoms with van der Waals surface area (Å²) in [6, 6.07) is 4.69. The molecule has 0 saturated carbocycles. The highest BCUT2D eigenvalue weighted by atomic mass is 35.5. The van der Waals surface area contributed by atoms with Crippen LogP contribution < -0.4 is 11.3 Å². The van der Waals surface area contributed by atoms with E-state index in [2.05, 4.69) is 10.2 Å². The molecule has 0 radical (unpaired) electrons. The van der Waals surface area contributed by atoms with E-state index in [4.69, 9.17) is 17.4 Å². The van der Waals surface area contributed by atoms with Gasteiger partial charge in [0, 0.05) is 5.02 Å². The molecule has 70 valence electrons. The van der Waals surface area contributed by atoms with Gasteiger partial charge >= 0.3 is 5.97 Å². The van der Waals surface area contributed by atoms with Crippen LogP contribution in [-0.2, 0) is 4.74 Å². The largest absolute Gasteiger partial charge is 0.465 e. The summed E-state index contributed by atoms with van der Waals surface area (Å²) in [5.41, 5.74) is 3.17. The third kappa shape index (κ3) is 2.11. The van der Waals surface area contributed by atoms with Crippen molar-refractivity contribution in [1.82, 2.24) is 0 Å². The molecule has 4 nitrogen and oxygen atoms in total. The van der Waals surface area contributed by atoms with Gasteiger partial charge in [0.15, 0.2) is 0 Å². The van der Waals surface area contributed by atoms with Gasteiger partial charge in [0.05, 0.1) is 18.4 Å². The number of hydrogen-bond acceptors (Lipinski definition) is 4. The fourth-order valence-corrected chi connectivity index (χ4v) is 1.10. The van der Waals surface area contributed by atoms with Crippen molar-refractivity contribution in [1.29, 1.82) is 0 Å². The summed E-state index contributed by atoms with van der Waals surface area (Å²) in [4.78, 5) is 11.1. The summed E-state index contributed by atoms with van der Waals surface area (Å²) in [6.07, 6.45) is 0. The molecule has 0 amide bonds. The summed E-state index contributed by atoms with van der Waals surface area (Å²) in [5.74, 6) is 4.74. The van der Waals surface area contributed by atoms with E-state index in [1.165, 1.54) is 7.11 Å². The fourth-order valence-electron chi connectivity index (χ4n) is 0.924. The molecule has 0 saturated heterocycles. The average Bonchev–Trinajstić information content (AvgIpc) is 2.16. The van der Waals surface area contributed by atoms with E-state index in [0.29, 0.717) is 16.3 Å². The lowest BCUT2D eigenvalue weighted by molar-refractivity contribution is 0.0602. The summed E-state index contributed by atoms with van der Waals surface area (Å²) >= 11 is 5.70. The number of nitrogen functional groups attached to an aromatic ring is 1. The summed E-state index contributed by atoms with van der Waals surface area (Å²) in [5, 5.41) is 0.501. The number of rotatable bonds is 2. The monoisotopic (exact) mass is 200 g/mol. The Hall–Kier alpha value is -1.26. The zero-order chi connectivity index (χ0) is 9.84. The van der Waals surface area contributed by atoms with Gasteiger partial charge in [0.2, 0.25) is 0 Å². The number of nitrogens with two attached hydrogens (primary N) is 1. The molecule has 0 fully saturated rings. The second kappa shape index (κ2) is 4.11. The first kappa shape index (κ1) is 9.83. The Labute approximate surface area is 80.6 Å². The SMILES string of the molecule is COC(=O)c1ccc(Cl)cc1NN. The van der Waals surface area contributed by atoms with Crippen molar-refractivity contribution in [3.63, 3.8) is 0 Å². The van der Waals surface area contributed by atoms with Crippen LogP contribution in [0.4, 0.5) is 5.69 Å². The van der Waals surface area contributed by atoms with E-state index in [1.54, 1.807) is 18.2 Å². The van der Waals surface area contributed by atoms with E-state index in [0.717, 1.165) is 0 Å². The summed E-state index contributed by atoms with van der Waals surface area (Å²) < 4.78 is 4.54. The molecule has 0 aliphatic carbocycles. The molecule has 1 aromatic carbocycles. The van der Waals surface area contributed by atoms with Crippen molar-refractivity contribution >= 4 is 23.3 Å². The summed E-state index contributed by atoms with van der Waals surface area (Å²) in [6.45, 7) is 0. The molecule has 3 N–H and O–H groups in total. The second-order valence-electron chi connectivity index (χ2n) is 2.33. The highest BCUT2D eigenvalue weighted by Gasteiger charge is 2.10. The zero-order valence-electron chi connectivity index (χ0n) is 7.00. The molecule has 0 heterocycles. The maximum Gasteiger partial charge on any atom is 0.340 e. The number of hydrogen-bond donors (Lipinski definition) is 2. The maximum atomic E-state index is 11.1. The van der Waals surface area contributed by atoms with Crippen LogP contribution >= 0.6 is 11.6 Å². The van der Waals surface area contributed by atoms with Gasteiger partial charge in [-0.15, -0.1) is 0 Å². The Bertz CT molecular complexity index is 328. The number of esters is 1. The number of carbonyl (C=O) groups is 1. The number of methoxy groups -OCH3 is 1. The number of anilines is 1. The Morgan fingerprint density at radius 3 is 2.85 bits per heavy atom.